The van der Waals surface area contributed by atoms with E-state index < -0.39 is 41.7 Å². The number of hydrogen-bond acceptors (Lipinski definition) is 4. The van der Waals surface area contributed by atoms with Crippen molar-refractivity contribution in [2.24, 2.45) is 0 Å². The zero-order valence-electron chi connectivity index (χ0n) is 13.6. The van der Waals surface area contributed by atoms with E-state index >= 15 is 0 Å². The van der Waals surface area contributed by atoms with Gasteiger partial charge in [-0.3, -0.25) is 0 Å². The molecule has 0 aromatic heterocycles. The molecule has 5 nitrogen and oxygen atoms in total. The zero-order chi connectivity index (χ0) is 19.2. The predicted molar refractivity (Wildman–Crippen MR) is 86.0 cm³/mol. The van der Waals surface area contributed by atoms with Gasteiger partial charge in [0.2, 0.25) is 0 Å². The molecule has 0 heterocycles. The standard InChI is InChI=1S/C18H17F3O5/c19-18(20,21)15-8-13(17(23)24)6-7-16(15)26-11-14(22)10-25-9-12-4-2-1-3-5-12/h1-8,14,22H,9-11H2,(H,23,24). The fourth-order valence-electron chi connectivity index (χ4n) is 2.13. The van der Waals surface area contributed by atoms with Crippen molar-refractivity contribution in [3.8, 4) is 5.75 Å². The molecule has 26 heavy (non-hydrogen) atoms. The maximum atomic E-state index is 13.0. The lowest BCUT2D eigenvalue weighted by Gasteiger charge is -2.17. The van der Waals surface area contributed by atoms with Gasteiger partial charge in [-0.25, -0.2) is 4.79 Å². The van der Waals surface area contributed by atoms with E-state index in [0.29, 0.717) is 6.07 Å². The van der Waals surface area contributed by atoms with Crippen LogP contribution in [0.2, 0.25) is 0 Å². The van der Waals surface area contributed by atoms with Crippen molar-refractivity contribution in [1.82, 2.24) is 0 Å². The lowest BCUT2D eigenvalue weighted by atomic mass is 10.1. The molecule has 0 bridgehead atoms. The molecule has 8 heteroatoms. The van der Waals surface area contributed by atoms with Crippen molar-refractivity contribution in [1.29, 1.82) is 0 Å². The zero-order valence-corrected chi connectivity index (χ0v) is 13.6. The van der Waals surface area contributed by atoms with Gasteiger partial charge in [-0.15, -0.1) is 0 Å². The average Bonchev–Trinajstić information content (AvgIpc) is 2.60. The third kappa shape index (κ3) is 5.75. The van der Waals surface area contributed by atoms with Crippen LogP contribution in [-0.2, 0) is 17.5 Å². The van der Waals surface area contributed by atoms with Gasteiger partial charge in [0.25, 0.3) is 0 Å². The number of aliphatic hydroxyl groups excluding tert-OH is 1. The Morgan fingerprint density at radius 1 is 1.08 bits per heavy atom. The molecular formula is C18H17F3O5. The maximum absolute atomic E-state index is 13.0. The maximum Gasteiger partial charge on any atom is 0.419 e. The number of ether oxygens (including phenoxy) is 2. The van der Waals surface area contributed by atoms with Crippen LogP contribution in [0.3, 0.4) is 0 Å². The quantitative estimate of drug-likeness (QED) is 0.745. The number of carboxylic acid groups (broad SMARTS) is 1. The summed E-state index contributed by atoms with van der Waals surface area (Å²) < 4.78 is 49.4. The first-order valence-electron chi connectivity index (χ1n) is 7.64. The molecular weight excluding hydrogens is 353 g/mol. The Morgan fingerprint density at radius 3 is 2.38 bits per heavy atom. The molecule has 0 saturated carbocycles. The molecule has 2 rings (SSSR count). The summed E-state index contributed by atoms with van der Waals surface area (Å²) in [4.78, 5) is 10.8. The second-order valence-corrected chi connectivity index (χ2v) is 5.48. The van der Waals surface area contributed by atoms with Crippen molar-refractivity contribution in [2.45, 2.75) is 18.9 Å². The number of benzene rings is 2. The second kappa shape index (κ2) is 8.68. The first-order valence-corrected chi connectivity index (χ1v) is 7.64. The number of carboxylic acids is 1. The lowest BCUT2D eigenvalue weighted by molar-refractivity contribution is -0.139. The molecule has 0 aliphatic heterocycles. The summed E-state index contributed by atoms with van der Waals surface area (Å²) in [5, 5.41) is 18.6. The molecule has 0 amide bonds. The summed E-state index contributed by atoms with van der Waals surface area (Å²) in [5.74, 6) is -2.03. The second-order valence-electron chi connectivity index (χ2n) is 5.48. The highest BCUT2D eigenvalue weighted by Gasteiger charge is 2.35. The van der Waals surface area contributed by atoms with Crippen LogP contribution in [0, 0.1) is 0 Å². The summed E-state index contributed by atoms with van der Waals surface area (Å²) in [5.41, 5.74) is -0.824. The van der Waals surface area contributed by atoms with Crippen molar-refractivity contribution in [3.05, 3.63) is 65.2 Å². The predicted octanol–water partition coefficient (Wildman–Crippen LogP) is 3.36. The van der Waals surface area contributed by atoms with Crippen LogP contribution in [0.4, 0.5) is 13.2 Å². The lowest BCUT2D eigenvalue weighted by Crippen LogP contribution is -2.24. The largest absolute Gasteiger partial charge is 0.490 e. The molecule has 1 unspecified atom stereocenters. The van der Waals surface area contributed by atoms with E-state index in [0.717, 1.165) is 17.7 Å². The summed E-state index contributed by atoms with van der Waals surface area (Å²) in [6, 6.07) is 11.6. The van der Waals surface area contributed by atoms with Gasteiger partial charge in [0.1, 0.15) is 18.5 Å². The normalized spacial score (nSPS) is 12.6. The summed E-state index contributed by atoms with van der Waals surface area (Å²) in [6.45, 7) is -0.299. The fraction of sp³-hybridized carbons (Fsp3) is 0.278. The van der Waals surface area contributed by atoms with Gasteiger partial charge in [0.15, 0.2) is 0 Å². The van der Waals surface area contributed by atoms with E-state index in [4.69, 9.17) is 14.6 Å². The average molecular weight is 370 g/mol. The first kappa shape index (κ1) is 19.7. The Morgan fingerprint density at radius 2 is 1.77 bits per heavy atom. The van der Waals surface area contributed by atoms with Crippen molar-refractivity contribution in [3.63, 3.8) is 0 Å². The van der Waals surface area contributed by atoms with Crippen LogP contribution in [0.25, 0.3) is 0 Å². The number of aliphatic hydroxyl groups is 1. The molecule has 1 atom stereocenters. The van der Waals surface area contributed by atoms with Gasteiger partial charge in [0, 0.05) is 0 Å². The van der Waals surface area contributed by atoms with Crippen LogP contribution in [0.5, 0.6) is 5.75 Å². The van der Waals surface area contributed by atoms with Crippen molar-refractivity contribution >= 4 is 5.97 Å². The third-order valence-electron chi connectivity index (χ3n) is 3.38. The number of hydrogen-bond donors (Lipinski definition) is 2. The Labute approximate surface area is 147 Å². The van der Waals surface area contributed by atoms with E-state index in [2.05, 4.69) is 0 Å². The highest BCUT2D eigenvalue weighted by atomic mass is 19.4. The minimum absolute atomic E-state index is 0.122. The van der Waals surface area contributed by atoms with E-state index in [9.17, 15) is 23.1 Å². The Balaban J connectivity index is 1.92. The monoisotopic (exact) mass is 370 g/mol. The van der Waals surface area contributed by atoms with Crippen LogP contribution in [0.15, 0.2) is 48.5 Å². The third-order valence-corrected chi connectivity index (χ3v) is 3.38. The molecule has 0 aliphatic rings. The van der Waals surface area contributed by atoms with E-state index in [1.807, 2.05) is 30.3 Å². The van der Waals surface area contributed by atoms with Gasteiger partial charge in [-0.1, -0.05) is 30.3 Å². The SMILES string of the molecule is O=C(O)c1ccc(OCC(O)COCc2ccccc2)c(C(F)(F)F)c1. The van der Waals surface area contributed by atoms with E-state index in [-0.39, 0.29) is 13.2 Å². The molecule has 0 spiro atoms. The van der Waals surface area contributed by atoms with Crippen LogP contribution < -0.4 is 4.74 Å². The summed E-state index contributed by atoms with van der Waals surface area (Å²) >= 11 is 0. The molecule has 0 aliphatic carbocycles. The smallest absolute Gasteiger partial charge is 0.419 e. The summed E-state index contributed by atoms with van der Waals surface area (Å²) in [6.07, 6.45) is -5.92. The topological polar surface area (TPSA) is 76.0 Å². The minimum Gasteiger partial charge on any atom is -0.490 e. The molecule has 0 saturated heterocycles. The van der Waals surface area contributed by atoms with Crippen molar-refractivity contribution < 1.29 is 37.7 Å². The molecule has 0 radical (unpaired) electrons. The van der Waals surface area contributed by atoms with Gasteiger partial charge in [-0.05, 0) is 23.8 Å². The van der Waals surface area contributed by atoms with Crippen LogP contribution in [-0.4, -0.2) is 35.5 Å². The fourth-order valence-corrected chi connectivity index (χ4v) is 2.13. The summed E-state index contributed by atoms with van der Waals surface area (Å²) in [7, 11) is 0. The highest BCUT2D eigenvalue weighted by molar-refractivity contribution is 5.88. The number of halogens is 3. The molecule has 0 fully saturated rings. The first-order chi connectivity index (χ1) is 12.3. The van der Waals surface area contributed by atoms with Gasteiger partial charge < -0.3 is 19.7 Å². The minimum atomic E-state index is -4.78. The van der Waals surface area contributed by atoms with Gasteiger partial charge >= 0.3 is 12.1 Å². The molecule has 2 N–H and O–H groups in total. The number of alkyl halides is 3. The number of carbonyl (C=O) groups is 1. The van der Waals surface area contributed by atoms with E-state index in [1.165, 1.54) is 0 Å². The Bertz CT molecular complexity index is 731. The molecule has 140 valence electrons. The van der Waals surface area contributed by atoms with Crippen LogP contribution in [0.1, 0.15) is 21.5 Å². The molecule has 2 aromatic carbocycles. The van der Waals surface area contributed by atoms with Gasteiger partial charge in [-0.2, -0.15) is 13.2 Å². The Hall–Kier alpha value is -2.58. The highest BCUT2D eigenvalue weighted by Crippen LogP contribution is 2.37. The Kier molecular flexibility index (Phi) is 6.59. The number of rotatable bonds is 8. The van der Waals surface area contributed by atoms with Crippen molar-refractivity contribution in [2.75, 3.05) is 13.2 Å². The van der Waals surface area contributed by atoms with Crippen LogP contribution >= 0.6 is 0 Å². The number of aromatic carboxylic acids is 1. The van der Waals surface area contributed by atoms with Gasteiger partial charge in [0.05, 0.1) is 24.3 Å². The molecule has 2 aromatic rings. The van der Waals surface area contributed by atoms with E-state index in [1.54, 1.807) is 0 Å².